The summed E-state index contributed by atoms with van der Waals surface area (Å²) in [6.45, 7) is 7.57. The minimum absolute atomic E-state index is 0.00428. The van der Waals surface area contributed by atoms with Gasteiger partial charge in [0.15, 0.2) is 29.2 Å². The summed E-state index contributed by atoms with van der Waals surface area (Å²) >= 11 is 4.48. The first kappa shape index (κ1) is 48.8. The fraction of sp³-hybridized carbons (Fsp3) is 0.352. The predicted molar refractivity (Wildman–Crippen MR) is 276 cm³/mol. The van der Waals surface area contributed by atoms with Gasteiger partial charge in [-0.2, -0.15) is 12.6 Å². The molecule has 4 amide bonds. The quantitative estimate of drug-likeness (QED) is 0.0539. The van der Waals surface area contributed by atoms with Gasteiger partial charge in [0.05, 0.1) is 37.6 Å². The molecule has 71 heavy (non-hydrogen) atoms. The number of ether oxygens (including phenoxy) is 4. The molecule has 0 aliphatic carbocycles. The summed E-state index contributed by atoms with van der Waals surface area (Å²) in [5.41, 5.74) is 8.02. The number of carbonyl (C=O) groups excluding carboxylic acids is 4. The number of nitrogens with zero attached hydrogens (tertiary/aromatic N) is 3. The Morgan fingerprint density at radius 2 is 1.45 bits per heavy atom. The molecule has 1 unspecified atom stereocenters. The van der Waals surface area contributed by atoms with E-state index in [-0.39, 0.29) is 48.3 Å². The molecule has 9 rings (SSSR count). The third kappa shape index (κ3) is 10.5. The minimum atomic E-state index is -0.981. The Kier molecular flexibility index (Phi) is 13.9. The van der Waals surface area contributed by atoms with Crippen LogP contribution < -0.4 is 50.0 Å². The van der Waals surface area contributed by atoms with Crippen LogP contribution in [0.1, 0.15) is 84.9 Å². The Hall–Kier alpha value is -7.24. The molecular weight excluding hydrogens is 923 g/mol. The van der Waals surface area contributed by atoms with Crippen molar-refractivity contribution in [3.05, 3.63) is 124 Å². The lowest BCUT2D eigenvalue weighted by atomic mass is 10.1. The van der Waals surface area contributed by atoms with E-state index in [4.69, 9.17) is 23.9 Å². The molecule has 0 saturated heterocycles. The number of aliphatic imine (C=N–C) groups is 1. The van der Waals surface area contributed by atoms with Crippen LogP contribution in [0.2, 0.25) is 0 Å². The fourth-order valence-corrected chi connectivity index (χ4v) is 9.66. The van der Waals surface area contributed by atoms with E-state index in [0.29, 0.717) is 81.7 Å². The zero-order valence-electron chi connectivity index (χ0n) is 40.6. The molecule has 16 nitrogen and oxygen atoms in total. The number of benzene rings is 5. The highest BCUT2D eigenvalue weighted by Gasteiger charge is 2.39. The van der Waals surface area contributed by atoms with Crippen molar-refractivity contribution in [3.63, 3.8) is 0 Å². The maximum Gasteiger partial charge on any atom is 0.261 e. The maximum atomic E-state index is 14.1. The monoisotopic (exact) mass is 981 g/mol. The smallest absolute Gasteiger partial charge is 0.261 e. The van der Waals surface area contributed by atoms with E-state index in [0.717, 1.165) is 23.4 Å². The van der Waals surface area contributed by atoms with Gasteiger partial charge in [-0.25, -0.2) is 0 Å². The number of carbonyl (C=O) groups is 4. The van der Waals surface area contributed by atoms with Crippen molar-refractivity contribution in [1.82, 2.24) is 10.6 Å². The van der Waals surface area contributed by atoms with E-state index in [2.05, 4.69) is 40.0 Å². The number of amides is 4. The van der Waals surface area contributed by atoms with Crippen molar-refractivity contribution in [1.29, 1.82) is 0 Å². The number of methoxy groups -OCH3 is 2. The molecule has 17 heteroatoms. The van der Waals surface area contributed by atoms with Gasteiger partial charge in [-0.15, -0.1) is 0 Å². The molecule has 5 N–H and O–H groups in total. The number of aliphatic hydroxyl groups excluding tert-OH is 1. The fourth-order valence-electron chi connectivity index (χ4n) is 9.54. The summed E-state index contributed by atoms with van der Waals surface area (Å²) in [6.07, 6.45) is 3.05. The number of rotatable bonds is 16. The highest BCUT2D eigenvalue weighted by molar-refractivity contribution is 7.81. The van der Waals surface area contributed by atoms with Gasteiger partial charge in [-0.1, -0.05) is 50.2 Å². The van der Waals surface area contributed by atoms with Crippen LogP contribution in [0.5, 0.6) is 23.0 Å². The van der Waals surface area contributed by atoms with E-state index in [1.807, 2.05) is 73.3 Å². The second kappa shape index (κ2) is 20.2. The summed E-state index contributed by atoms with van der Waals surface area (Å²) in [4.78, 5) is 62.0. The van der Waals surface area contributed by atoms with Gasteiger partial charge in [-0.05, 0) is 91.4 Å². The van der Waals surface area contributed by atoms with Gasteiger partial charge in [0.25, 0.3) is 5.91 Å². The van der Waals surface area contributed by atoms with Crippen molar-refractivity contribution >= 4 is 70.9 Å². The predicted octanol–water partition coefficient (Wildman–Crippen LogP) is 7.43. The zero-order valence-corrected chi connectivity index (χ0v) is 41.5. The third-order valence-electron chi connectivity index (χ3n) is 13.2. The standard InChI is InChI=1S/C54H59N7O9S/c1-30(57-49(62)15-16-54(3,4)71)50(63)58-31(2)51(64)59-36-18-32(28-69-47-24-41-39(22-45(47)67-5)52(65)60-37(26-55-41)20-34-11-7-9-13-43(34)60)17-33(19-36)29-70-48-25-42-40(23-46(48)68-6)53(66)61-38(27-56-42)21-35-12-8-10-14-44(35)61/h7-14,17-19,22-26,30-31,37-38,53,56,66,71H,15-16,20-21,27-29H2,1-6H3,(H,57,62)(H,58,63)(H,59,64)/t30-,31-,37-,38-,53?/m0/s1. The topological polar surface area (TPSA) is 192 Å². The number of thiol groups is 1. The summed E-state index contributed by atoms with van der Waals surface area (Å²) < 4.78 is 24.1. The zero-order chi connectivity index (χ0) is 50.1. The molecule has 4 aliphatic heterocycles. The largest absolute Gasteiger partial charge is 0.493 e. The highest BCUT2D eigenvalue weighted by atomic mass is 32.1. The maximum absolute atomic E-state index is 14.1. The second-order valence-electron chi connectivity index (χ2n) is 19.0. The molecule has 0 aromatic heterocycles. The molecule has 5 aromatic rings. The molecule has 0 fully saturated rings. The van der Waals surface area contributed by atoms with Gasteiger partial charge in [0.1, 0.15) is 25.3 Å². The van der Waals surface area contributed by atoms with Crippen molar-refractivity contribution < 1.29 is 43.2 Å². The van der Waals surface area contributed by atoms with E-state index in [9.17, 15) is 24.3 Å². The van der Waals surface area contributed by atoms with Crippen molar-refractivity contribution in [3.8, 4) is 23.0 Å². The van der Waals surface area contributed by atoms with Gasteiger partial charge >= 0.3 is 0 Å². The number of nitrogens with one attached hydrogen (secondary N) is 4. The molecule has 0 bridgehead atoms. The van der Waals surface area contributed by atoms with E-state index < -0.39 is 30.1 Å². The Bertz CT molecular complexity index is 2920. The van der Waals surface area contributed by atoms with Crippen molar-refractivity contribution in [2.45, 2.75) is 102 Å². The first-order valence-corrected chi connectivity index (χ1v) is 24.2. The number of hydrogen-bond donors (Lipinski definition) is 6. The Morgan fingerprint density at radius 1 is 0.817 bits per heavy atom. The lowest BCUT2D eigenvalue weighted by Crippen LogP contribution is -2.50. The van der Waals surface area contributed by atoms with Crippen LogP contribution in [0.15, 0.2) is 96.0 Å². The molecule has 370 valence electrons. The van der Waals surface area contributed by atoms with E-state index in [1.54, 1.807) is 62.4 Å². The highest BCUT2D eigenvalue weighted by Crippen LogP contribution is 2.45. The molecule has 4 aliphatic rings. The summed E-state index contributed by atoms with van der Waals surface area (Å²) in [7, 11) is 3.05. The molecular formula is C54H59N7O9S. The number of anilines is 4. The third-order valence-corrected chi connectivity index (χ3v) is 13.5. The first-order chi connectivity index (χ1) is 34.1. The van der Waals surface area contributed by atoms with E-state index >= 15 is 0 Å². The SMILES string of the molecule is COc1cc2c(cc1OCc1cc(COc3cc4c(cc3OC)C(O)N3c5ccccc5C[C@H]3CN4)cc(NC(=O)[C@H](C)NC(=O)[C@H](C)NC(=O)CCC(C)(C)S)c1)N=C[C@@H]1Cc3ccccc3N1C2=O. The number of aliphatic hydroxyl groups is 1. The lowest BCUT2D eigenvalue weighted by Gasteiger charge is -2.30. The Balaban J connectivity index is 0.949. The number of para-hydroxylation sites is 2. The van der Waals surface area contributed by atoms with Crippen LogP contribution in [0.4, 0.5) is 28.4 Å². The lowest BCUT2D eigenvalue weighted by molar-refractivity contribution is -0.130. The molecule has 4 heterocycles. The molecule has 5 aromatic carbocycles. The second-order valence-corrected chi connectivity index (χ2v) is 20.3. The van der Waals surface area contributed by atoms with Crippen LogP contribution in [-0.2, 0) is 40.4 Å². The summed E-state index contributed by atoms with van der Waals surface area (Å²) in [6, 6.07) is 26.3. The minimum Gasteiger partial charge on any atom is -0.493 e. The molecule has 5 atom stereocenters. The van der Waals surface area contributed by atoms with Gasteiger partial charge in [0.2, 0.25) is 17.7 Å². The Labute approximate surface area is 418 Å². The van der Waals surface area contributed by atoms with Crippen molar-refractivity contribution in [2.75, 3.05) is 41.2 Å². The van der Waals surface area contributed by atoms with Crippen LogP contribution >= 0.6 is 12.6 Å². The van der Waals surface area contributed by atoms with Crippen molar-refractivity contribution in [2.24, 2.45) is 4.99 Å². The summed E-state index contributed by atoms with van der Waals surface area (Å²) in [5.74, 6) is 0.0448. The van der Waals surface area contributed by atoms with Crippen LogP contribution in [0.3, 0.4) is 0 Å². The van der Waals surface area contributed by atoms with Gasteiger partial charge in [-0.3, -0.25) is 29.1 Å². The number of hydrogen-bond acceptors (Lipinski definition) is 13. The number of fused-ring (bicyclic) bond motifs is 8. The first-order valence-electron chi connectivity index (χ1n) is 23.8. The van der Waals surface area contributed by atoms with Crippen LogP contribution in [0, 0.1) is 0 Å². The Morgan fingerprint density at radius 3 is 2.14 bits per heavy atom. The van der Waals surface area contributed by atoms with Crippen LogP contribution in [-0.4, -0.2) is 84.6 Å². The molecule has 0 radical (unpaired) electrons. The average Bonchev–Trinajstić information content (AvgIpc) is 3.84. The molecule has 0 spiro atoms. The van der Waals surface area contributed by atoms with Crippen LogP contribution in [0.25, 0.3) is 0 Å². The van der Waals surface area contributed by atoms with E-state index in [1.165, 1.54) is 12.7 Å². The van der Waals surface area contributed by atoms with Gasteiger partial charge < -0.3 is 50.2 Å². The van der Waals surface area contributed by atoms with Gasteiger partial charge in [0, 0.05) is 70.8 Å². The summed E-state index contributed by atoms with van der Waals surface area (Å²) in [5, 5.41) is 23.6. The normalized spacial score (nSPS) is 18.1. The molecule has 0 saturated carbocycles. The average molecular weight is 982 g/mol.